The van der Waals surface area contributed by atoms with Crippen molar-refractivity contribution >= 4 is 11.6 Å². The number of fused-ring (bicyclic) bond motifs is 1. The van der Waals surface area contributed by atoms with Crippen LogP contribution in [0.25, 0.3) is 0 Å². The van der Waals surface area contributed by atoms with Gasteiger partial charge >= 0.3 is 0 Å². The number of rotatable bonds is 3. The van der Waals surface area contributed by atoms with Crippen LogP contribution >= 0.6 is 0 Å². The molecule has 0 saturated heterocycles. The molecule has 1 aliphatic carbocycles. The second-order valence-corrected chi connectivity index (χ2v) is 5.26. The Labute approximate surface area is 108 Å². The lowest BCUT2D eigenvalue weighted by atomic mass is 9.90. The molecule has 2 rings (SSSR count). The molecule has 96 valence electrons. The van der Waals surface area contributed by atoms with Gasteiger partial charge < -0.3 is 0 Å². The monoisotopic (exact) mass is 244 g/mol. The minimum absolute atomic E-state index is 0.0105. The Bertz CT molecular complexity index is 463. The molecule has 0 aliphatic heterocycles. The topological polar surface area (TPSA) is 41.5 Å². The van der Waals surface area contributed by atoms with E-state index in [1.807, 2.05) is 13.8 Å². The first kappa shape index (κ1) is 12.8. The van der Waals surface area contributed by atoms with Gasteiger partial charge in [-0.3, -0.25) is 4.79 Å². The van der Waals surface area contributed by atoms with E-state index in [9.17, 15) is 4.79 Å². The van der Waals surface area contributed by atoms with Crippen molar-refractivity contribution in [2.24, 2.45) is 11.0 Å². The average molecular weight is 244 g/mol. The van der Waals surface area contributed by atoms with E-state index < -0.39 is 0 Å². The van der Waals surface area contributed by atoms with Gasteiger partial charge in [-0.25, -0.2) is 5.43 Å². The molecule has 18 heavy (non-hydrogen) atoms. The van der Waals surface area contributed by atoms with E-state index in [4.69, 9.17) is 0 Å². The van der Waals surface area contributed by atoms with Crippen LogP contribution in [0.1, 0.15) is 37.8 Å². The molecule has 0 radical (unpaired) electrons. The van der Waals surface area contributed by atoms with Crippen molar-refractivity contribution in [2.75, 3.05) is 0 Å². The van der Waals surface area contributed by atoms with Gasteiger partial charge in [0.2, 0.25) is 5.91 Å². The third-order valence-electron chi connectivity index (χ3n) is 3.13. The number of carbonyl (C=O) groups is 1. The Balaban J connectivity index is 1.94. The van der Waals surface area contributed by atoms with Crippen LogP contribution < -0.4 is 5.43 Å². The lowest BCUT2D eigenvalue weighted by Gasteiger charge is -2.17. The maximum Gasteiger partial charge on any atom is 0.240 e. The zero-order valence-corrected chi connectivity index (χ0v) is 11.1. The van der Waals surface area contributed by atoms with Crippen LogP contribution in [0.4, 0.5) is 0 Å². The molecule has 0 unspecified atom stereocenters. The minimum Gasteiger partial charge on any atom is -0.273 e. The number of benzene rings is 1. The highest BCUT2D eigenvalue weighted by Crippen LogP contribution is 2.18. The highest BCUT2D eigenvalue weighted by Gasteiger charge is 2.13. The Kier molecular flexibility index (Phi) is 4.13. The minimum atomic E-state index is 0.0105. The molecule has 0 fully saturated rings. The highest BCUT2D eigenvalue weighted by atomic mass is 16.2. The molecule has 0 saturated carbocycles. The quantitative estimate of drug-likeness (QED) is 0.816. The number of aryl methyl sites for hydroxylation is 1. The number of hydrazone groups is 1. The van der Waals surface area contributed by atoms with Gasteiger partial charge in [0, 0.05) is 18.6 Å². The summed E-state index contributed by atoms with van der Waals surface area (Å²) >= 11 is 0. The van der Waals surface area contributed by atoms with Crippen LogP contribution in [0.5, 0.6) is 0 Å². The van der Waals surface area contributed by atoms with Gasteiger partial charge in [-0.05, 0) is 29.9 Å². The highest BCUT2D eigenvalue weighted by molar-refractivity contribution is 5.89. The SMILES string of the molecule is CC(C)CC(=O)N/N=C1/CCc2ccccc2C1. The van der Waals surface area contributed by atoms with Crippen molar-refractivity contribution < 1.29 is 4.79 Å². The summed E-state index contributed by atoms with van der Waals surface area (Å²) in [6.45, 7) is 4.06. The molecule has 1 N–H and O–H groups in total. The van der Waals surface area contributed by atoms with Crippen LogP contribution in [0.15, 0.2) is 29.4 Å². The largest absolute Gasteiger partial charge is 0.273 e. The zero-order chi connectivity index (χ0) is 13.0. The van der Waals surface area contributed by atoms with Gasteiger partial charge in [-0.1, -0.05) is 38.1 Å². The third kappa shape index (κ3) is 3.42. The lowest BCUT2D eigenvalue weighted by Crippen LogP contribution is -2.23. The van der Waals surface area contributed by atoms with Gasteiger partial charge in [0.25, 0.3) is 0 Å². The van der Waals surface area contributed by atoms with Crippen molar-refractivity contribution in [2.45, 2.75) is 39.5 Å². The molecule has 0 aromatic heterocycles. The summed E-state index contributed by atoms with van der Waals surface area (Å²) in [5.74, 6) is 0.383. The predicted molar refractivity (Wildman–Crippen MR) is 73.5 cm³/mol. The fraction of sp³-hybridized carbons (Fsp3) is 0.467. The molecular formula is C15H20N2O. The first-order valence-electron chi connectivity index (χ1n) is 6.56. The van der Waals surface area contributed by atoms with E-state index in [0.717, 1.165) is 25.0 Å². The molecule has 3 heteroatoms. The van der Waals surface area contributed by atoms with E-state index >= 15 is 0 Å². The van der Waals surface area contributed by atoms with Crippen LogP contribution in [0.2, 0.25) is 0 Å². The molecule has 3 nitrogen and oxygen atoms in total. The van der Waals surface area contributed by atoms with Crippen LogP contribution in [0, 0.1) is 5.92 Å². The van der Waals surface area contributed by atoms with E-state index in [-0.39, 0.29) is 5.91 Å². The van der Waals surface area contributed by atoms with E-state index in [1.54, 1.807) is 0 Å². The first-order chi connectivity index (χ1) is 8.65. The molecule has 1 amide bonds. The normalized spacial score (nSPS) is 16.7. The summed E-state index contributed by atoms with van der Waals surface area (Å²) in [6.07, 6.45) is 3.36. The fourth-order valence-corrected chi connectivity index (χ4v) is 2.21. The zero-order valence-electron chi connectivity index (χ0n) is 11.1. The molecule has 1 aliphatic rings. The van der Waals surface area contributed by atoms with Gasteiger partial charge in [0.15, 0.2) is 0 Å². The summed E-state index contributed by atoms with van der Waals surface area (Å²) in [4.78, 5) is 11.5. The summed E-state index contributed by atoms with van der Waals surface area (Å²) in [5, 5.41) is 4.25. The summed E-state index contributed by atoms with van der Waals surface area (Å²) in [6, 6.07) is 8.44. The number of hydrogen-bond acceptors (Lipinski definition) is 2. The van der Waals surface area contributed by atoms with Crippen molar-refractivity contribution in [1.29, 1.82) is 0 Å². The maximum atomic E-state index is 11.5. The van der Waals surface area contributed by atoms with Gasteiger partial charge in [-0.2, -0.15) is 5.10 Å². The maximum absolute atomic E-state index is 11.5. The smallest absolute Gasteiger partial charge is 0.240 e. The molecule has 0 heterocycles. The Hall–Kier alpha value is -1.64. The second-order valence-electron chi connectivity index (χ2n) is 5.26. The second kappa shape index (κ2) is 5.80. The van der Waals surface area contributed by atoms with Crippen molar-refractivity contribution in [3.63, 3.8) is 0 Å². The Morgan fingerprint density at radius 3 is 2.72 bits per heavy atom. The third-order valence-corrected chi connectivity index (χ3v) is 3.13. The molecule has 0 atom stereocenters. The number of nitrogens with zero attached hydrogens (tertiary/aromatic N) is 1. The number of hydrogen-bond donors (Lipinski definition) is 1. The van der Waals surface area contributed by atoms with Crippen molar-refractivity contribution in [3.8, 4) is 0 Å². The molecule has 1 aromatic carbocycles. The van der Waals surface area contributed by atoms with Crippen LogP contribution in [-0.2, 0) is 17.6 Å². The summed E-state index contributed by atoms with van der Waals surface area (Å²) in [5.41, 5.74) is 6.48. The summed E-state index contributed by atoms with van der Waals surface area (Å²) in [7, 11) is 0. The number of amides is 1. The standard InChI is InChI=1S/C15H20N2O/c1-11(2)9-15(18)17-16-14-8-7-12-5-3-4-6-13(12)10-14/h3-6,11H,7-10H2,1-2H3,(H,17,18)/b16-14-. The molecular weight excluding hydrogens is 224 g/mol. The molecule has 0 bridgehead atoms. The van der Waals surface area contributed by atoms with Crippen LogP contribution in [-0.4, -0.2) is 11.6 Å². The van der Waals surface area contributed by atoms with E-state index in [2.05, 4.69) is 34.8 Å². The number of carbonyl (C=O) groups excluding carboxylic acids is 1. The fourth-order valence-electron chi connectivity index (χ4n) is 2.21. The van der Waals surface area contributed by atoms with Gasteiger partial charge in [0.05, 0.1) is 0 Å². The average Bonchev–Trinajstić information content (AvgIpc) is 2.35. The Morgan fingerprint density at radius 1 is 1.28 bits per heavy atom. The van der Waals surface area contributed by atoms with Gasteiger partial charge in [0.1, 0.15) is 0 Å². The van der Waals surface area contributed by atoms with E-state index in [1.165, 1.54) is 11.1 Å². The van der Waals surface area contributed by atoms with E-state index in [0.29, 0.717) is 12.3 Å². The number of nitrogens with one attached hydrogen (secondary N) is 1. The van der Waals surface area contributed by atoms with Crippen molar-refractivity contribution in [1.82, 2.24) is 5.43 Å². The van der Waals surface area contributed by atoms with Crippen LogP contribution in [0.3, 0.4) is 0 Å². The summed E-state index contributed by atoms with van der Waals surface area (Å²) < 4.78 is 0. The first-order valence-corrected chi connectivity index (χ1v) is 6.56. The Morgan fingerprint density at radius 2 is 2.00 bits per heavy atom. The predicted octanol–water partition coefficient (Wildman–Crippen LogP) is 2.69. The van der Waals surface area contributed by atoms with Gasteiger partial charge in [-0.15, -0.1) is 0 Å². The molecule has 0 spiro atoms. The molecule has 1 aromatic rings. The lowest BCUT2D eigenvalue weighted by molar-refractivity contribution is -0.121. The van der Waals surface area contributed by atoms with Crippen molar-refractivity contribution in [3.05, 3.63) is 35.4 Å².